The Morgan fingerprint density at radius 2 is 2.16 bits per heavy atom. The Balaban J connectivity index is 2.83. The molecule has 1 rings (SSSR count). The molecular formula is C14H25N2O2Si. The van der Waals surface area contributed by atoms with E-state index in [1.165, 1.54) is 0 Å². The fourth-order valence-corrected chi connectivity index (χ4v) is 2.67. The van der Waals surface area contributed by atoms with E-state index in [2.05, 4.69) is 25.0 Å². The molecule has 5 heteroatoms. The lowest BCUT2D eigenvalue weighted by Gasteiger charge is -2.20. The van der Waals surface area contributed by atoms with Crippen molar-refractivity contribution >= 4 is 14.7 Å². The second-order valence-corrected chi connectivity index (χ2v) is 6.88. The molecule has 107 valence electrons. The molecule has 2 N–H and O–H groups in total. The molecule has 0 aliphatic rings. The monoisotopic (exact) mass is 281 g/mol. The van der Waals surface area contributed by atoms with Crippen LogP contribution in [-0.4, -0.2) is 27.4 Å². The normalized spacial score (nSPS) is 12.9. The first-order chi connectivity index (χ1) is 9.08. The van der Waals surface area contributed by atoms with E-state index < -0.39 is 9.04 Å². The van der Waals surface area contributed by atoms with Crippen molar-refractivity contribution in [1.29, 1.82) is 0 Å². The lowest BCUT2D eigenvalue weighted by atomic mass is 10.0. The van der Waals surface area contributed by atoms with Gasteiger partial charge in [-0.3, -0.25) is 4.98 Å². The van der Waals surface area contributed by atoms with Gasteiger partial charge < -0.3 is 14.9 Å². The van der Waals surface area contributed by atoms with Crippen LogP contribution >= 0.6 is 0 Å². The number of aromatic nitrogens is 1. The molecule has 0 amide bonds. The Bertz CT molecular complexity index is 386. The summed E-state index contributed by atoms with van der Waals surface area (Å²) in [7, 11) is 0.886. The van der Waals surface area contributed by atoms with E-state index in [-0.39, 0.29) is 6.29 Å². The van der Waals surface area contributed by atoms with Crippen molar-refractivity contribution in [3.05, 3.63) is 23.5 Å². The van der Waals surface area contributed by atoms with Gasteiger partial charge in [-0.1, -0.05) is 13.3 Å². The standard InChI is InChI=1S/C14H25N2O2Si/c1-5-6-7-11-12(15)8-9-16-13(11)10-14(17-2)18-19(3)4/h8-9,14H,5-7,10H2,1-4H3,(H2,15,16). The third-order valence-electron chi connectivity index (χ3n) is 2.95. The van der Waals surface area contributed by atoms with Crippen LogP contribution in [-0.2, 0) is 22.0 Å². The van der Waals surface area contributed by atoms with Gasteiger partial charge in [0.25, 0.3) is 0 Å². The molecule has 0 aliphatic heterocycles. The van der Waals surface area contributed by atoms with Gasteiger partial charge in [-0.05, 0) is 37.6 Å². The first kappa shape index (κ1) is 16.1. The summed E-state index contributed by atoms with van der Waals surface area (Å²) in [5, 5.41) is 0. The zero-order valence-electron chi connectivity index (χ0n) is 12.4. The predicted octanol–water partition coefficient (Wildman–Crippen LogP) is 2.79. The number of hydrogen-bond acceptors (Lipinski definition) is 4. The molecule has 4 nitrogen and oxygen atoms in total. The number of nitrogens with zero attached hydrogens (tertiary/aromatic N) is 1. The SMILES string of the molecule is CCCCc1c(N)ccnc1CC(OC)O[Si](C)C. The third-order valence-corrected chi connectivity index (χ3v) is 3.69. The van der Waals surface area contributed by atoms with Gasteiger partial charge in [0, 0.05) is 25.4 Å². The largest absolute Gasteiger partial charge is 0.398 e. The van der Waals surface area contributed by atoms with Crippen LogP contribution in [0.2, 0.25) is 13.1 Å². The van der Waals surface area contributed by atoms with E-state index in [1.807, 2.05) is 6.07 Å². The molecule has 0 aliphatic carbocycles. The molecule has 19 heavy (non-hydrogen) atoms. The van der Waals surface area contributed by atoms with Crippen LogP contribution in [0.4, 0.5) is 5.69 Å². The summed E-state index contributed by atoms with van der Waals surface area (Å²) < 4.78 is 11.2. The van der Waals surface area contributed by atoms with Gasteiger partial charge in [-0.2, -0.15) is 0 Å². The molecule has 1 radical (unpaired) electrons. The maximum atomic E-state index is 6.07. The lowest BCUT2D eigenvalue weighted by molar-refractivity contribution is -0.0545. The molecule has 0 aromatic carbocycles. The van der Waals surface area contributed by atoms with Gasteiger partial charge in [0.1, 0.15) is 0 Å². The van der Waals surface area contributed by atoms with Crippen molar-refractivity contribution in [1.82, 2.24) is 4.98 Å². The van der Waals surface area contributed by atoms with E-state index in [1.54, 1.807) is 13.3 Å². The molecule has 0 saturated heterocycles. The number of ether oxygens (including phenoxy) is 1. The summed E-state index contributed by atoms with van der Waals surface area (Å²) in [4.78, 5) is 4.46. The number of methoxy groups -OCH3 is 1. The number of pyridine rings is 1. The molecule has 1 aromatic heterocycles. The van der Waals surface area contributed by atoms with Crippen molar-refractivity contribution in [2.75, 3.05) is 12.8 Å². The number of nitrogen functional groups attached to an aromatic ring is 1. The lowest BCUT2D eigenvalue weighted by Crippen LogP contribution is -2.25. The van der Waals surface area contributed by atoms with E-state index in [0.717, 1.165) is 36.2 Å². The molecule has 0 bridgehead atoms. The highest BCUT2D eigenvalue weighted by atomic mass is 28.3. The summed E-state index contributed by atoms with van der Waals surface area (Å²) in [5.74, 6) is 0. The van der Waals surface area contributed by atoms with Crippen LogP contribution < -0.4 is 5.73 Å². The zero-order chi connectivity index (χ0) is 14.3. The number of hydrogen-bond donors (Lipinski definition) is 1. The molecule has 0 spiro atoms. The predicted molar refractivity (Wildman–Crippen MR) is 80.3 cm³/mol. The van der Waals surface area contributed by atoms with Crippen molar-refractivity contribution in [2.24, 2.45) is 0 Å². The highest BCUT2D eigenvalue weighted by molar-refractivity contribution is 6.48. The highest BCUT2D eigenvalue weighted by Gasteiger charge is 2.16. The third kappa shape index (κ3) is 5.30. The first-order valence-corrected chi connectivity index (χ1v) is 9.21. The smallest absolute Gasteiger partial charge is 0.208 e. The van der Waals surface area contributed by atoms with E-state index in [9.17, 15) is 0 Å². The minimum Gasteiger partial charge on any atom is -0.398 e. The van der Waals surface area contributed by atoms with Crippen LogP contribution in [0, 0.1) is 0 Å². The minimum atomic E-state index is -0.788. The van der Waals surface area contributed by atoms with Crippen LogP contribution in [0.1, 0.15) is 31.0 Å². The summed E-state index contributed by atoms with van der Waals surface area (Å²) in [6, 6.07) is 1.87. The first-order valence-electron chi connectivity index (χ1n) is 6.80. The highest BCUT2D eigenvalue weighted by Crippen LogP contribution is 2.20. The van der Waals surface area contributed by atoms with E-state index >= 15 is 0 Å². The van der Waals surface area contributed by atoms with E-state index in [4.69, 9.17) is 14.9 Å². The molecule has 1 aromatic rings. The summed E-state index contributed by atoms with van der Waals surface area (Å²) in [6.45, 7) is 6.37. The topological polar surface area (TPSA) is 57.4 Å². The fraction of sp³-hybridized carbons (Fsp3) is 0.643. The van der Waals surface area contributed by atoms with Crippen molar-refractivity contribution in [3.63, 3.8) is 0 Å². The number of anilines is 1. The summed E-state index contributed by atoms with van der Waals surface area (Å²) in [5.41, 5.74) is 9.04. The summed E-state index contributed by atoms with van der Waals surface area (Å²) in [6.07, 6.45) is 5.44. The molecule has 1 atom stereocenters. The maximum absolute atomic E-state index is 6.07. The summed E-state index contributed by atoms with van der Waals surface area (Å²) >= 11 is 0. The second-order valence-electron chi connectivity index (χ2n) is 4.82. The zero-order valence-corrected chi connectivity index (χ0v) is 13.4. The second kappa shape index (κ2) is 8.30. The van der Waals surface area contributed by atoms with Crippen LogP contribution in [0.5, 0.6) is 0 Å². The Morgan fingerprint density at radius 1 is 1.42 bits per heavy atom. The molecule has 0 fully saturated rings. The Hall–Kier alpha value is -0.913. The quantitative estimate of drug-likeness (QED) is 0.588. The van der Waals surface area contributed by atoms with Gasteiger partial charge >= 0.3 is 0 Å². The van der Waals surface area contributed by atoms with Crippen LogP contribution in [0.25, 0.3) is 0 Å². The minimum absolute atomic E-state index is 0.224. The molecule has 1 unspecified atom stereocenters. The van der Waals surface area contributed by atoms with Gasteiger partial charge in [0.05, 0.1) is 5.69 Å². The number of rotatable bonds is 8. The van der Waals surface area contributed by atoms with Crippen LogP contribution in [0.15, 0.2) is 12.3 Å². The fourth-order valence-electron chi connectivity index (χ4n) is 1.96. The Kier molecular flexibility index (Phi) is 7.05. The maximum Gasteiger partial charge on any atom is 0.208 e. The molecular weight excluding hydrogens is 256 g/mol. The van der Waals surface area contributed by atoms with Crippen molar-refractivity contribution in [3.8, 4) is 0 Å². The van der Waals surface area contributed by atoms with Crippen molar-refractivity contribution < 1.29 is 9.16 Å². The Labute approximate surface area is 118 Å². The number of nitrogens with two attached hydrogens (primary N) is 1. The molecule has 1 heterocycles. The van der Waals surface area contributed by atoms with Crippen LogP contribution in [0.3, 0.4) is 0 Å². The Morgan fingerprint density at radius 3 is 2.74 bits per heavy atom. The van der Waals surface area contributed by atoms with E-state index in [0.29, 0.717) is 6.42 Å². The molecule has 0 saturated carbocycles. The number of unbranched alkanes of at least 4 members (excludes halogenated alkanes) is 1. The van der Waals surface area contributed by atoms with Crippen molar-refractivity contribution in [2.45, 2.75) is 52.0 Å². The van der Waals surface area contributed by atoms with Gasteiger partial charge in [-0.25, -0.2) is 0 Å². The van der Waals surface area contributed by atoms with Gasteiger partial charge in [-0.15, -0.1) is 0 Å². The van der Waals surface area contributed by atoms with Gasteiger partial charge in [0.2, 0.25) is 9.04 Å². The average Bonchev–Trinajstić information content (AvgIpc) is 2.36. The average molecular weight is 281 g/mol. The van der Waals surface area contributed by atoms with Gasteiger partial charge in [0.15, 0.2) is 6.29 Å².